The molecule has 0 atom stereocenters. The molecule has 1 N–H and O–H groups in total. The highest BCUT2D eigenvalue weighted by molar-refractivity contribution is 7.09. The van der Waals surface area contributed by atoms with E-state index in [2.05, 4.69) is 35.6 Å². The lowest BCUT2D eigenvalue weighted by molar-refractivity contribution is 0.234. The first-order chi connectivity index (χ1) is 8.74. The molecule has 0 amide bonds. The van der Waals surface area contributed by atoms with E-state index in [1.165, 1.54) is 4.88 Å². The van der Waals surface area contributed by atoms with Gasteiger partial charge in [0.15, 0.2) is 0 Å². The minimum atomic E-state index is 0.354. The van der Waals surface area contributed by atoms with E-state index in [9.17, 15) is 0 Å². The lowest BCUT2D eigenvalue weighted by Gasteiger charge is -2.04. The standard InChI is InChI=1S/C13H18N2O2S/c1-10(2)14-8-11-9-17-13(15-11)16-6-5-12-4-3-7-18-12/h3-4,7,9-10,14H,5-6,8H2,1-2H3. The molecule has 0 aliphatic rings. The van der Waals surface area contributed by atoms with Crippen molar-refractivity contribution in [3.63, 3.8) is 0 Å². The molecule has 0 bridgehead atoms. The van der Waals surface area contributed by atoms with Crippen molar-refractivity contribution in [1.29, 1.82) is 0 Å². The number of hydrogen-bond acceptors (Lipinski definition) is 5. The number of thiophene rings is 1. The van der Waals surface area contributed by atoms with Gasteiger partial charge in [0, 0.05) is 23.9 Å². The average molecular weight is 266 g/mol. The van der Waals surface area contributed by atoms with Gasteiger partial charge in [0.25, 0.3) is 0 Å². The third-order valence-corrected chi connectivity index (χ3v) is 3.31. The van der Waals surface area contributed by atoms with Gasteiger partial charge >= 0.3 is 6.08 Å². The van der Waals surface area contributed by atoms with Crippen molar-refractivity contribution in [1.82, 2.24) is 10.3 Å². The minimum Gasteiger partial charge on any atom is -0.450 e. The Kier molecular flexibility index (Phi) is 4.78. The Hall–Kier alpha value is -1.33. The van der Waals surface area contributed by atoms with Gasteiger partial charge in [-0.15, -0.1) is 11.3 Å². The molecule has 18 heavy (non-hydrogen) atoms. The van der Waals surface area contributed by atoms with Crippen LogP contribution in [0.5, 0.6) is 6.08 Å². The van der Waals surface area contributed by atoms with Crippen molar-refractivity contribution in [2.45, 2.75) is 32.9 Å². The largest absolute Gasteiger partial charge is 0.450 e. The summed E-state index contributed by atoms with van der Waals surface area (Å²) in [5.41, 5.74) is 0.870. The number of hydrogen-bond donors (Lipinski definition) is 1. The quantitative estimate of drug-likeness (QED) is 0.837. The van der Waals surface area contributed by atoms with Crippen LogP contribution in [0.2, 0.25) is 0 Å². The van der Waals surface area contributed by atoms with Crippen LogP contribution in [0.1, 0.15) is 24.4 Å². The van der Waals surface area contributed by atoms with Crippen molar-refractivity contribution in [2.75, 3.05) is 6.61 Å². The van der Waals surface area contributed by atoms with Gasteiger partial charge in [0.05, 0.1) is 12.3 Å². The summed E-state index contributed by atoms with van der Waals surface area (Å²) in [6.07, 6.45) is 2.88. The van der Waals surface area contributed by atoms with E-state index in [0.29, 0.717) is 25.3 Å². The second kappa shape index (κ2) is 6.56. The fraction of sp³-hybridized carbons (Fsp3) is 0.462. The minimum absolute atomic E-state index is 0.354. The lowest BCUT2D eigenvalue weighted by Crippen LogP contribution is -2.21. The fourth-order valence-corrected chi connectivity index (χ4v) is 2.13. The van der Waals surface area contributed by atoms with Crippen LogP contribution in [0, 0.1) is 0 Å². The van der Waals surface area contributed by atoms with Crippen LogP contribution in [0.15, 0.2) is 28.2 Å². The summed E-state index contributed by atoms with van der Waals surface area (Å²) in [6, 6.07) is 4.58. The van der Waals surface area contributed by atoms with Crippen LogP contribution in [0.25, 0.3) is 0 Å². The first kappa shape index (κ1) is 13.1. The molecule has 0 aromatic carbocycles. The highest BCUT2D eigenvalue weighted by atomic mass is 32.1. The average Bonchev–Trinajstić information content (AvgIpc) is 2.97. The van der Waals surface area contributed by atoms with Gasteiger partial charge in [-0.3, -0.25) is 0 Å². The number of nitrogens with one attached hydrogen (secondary N) is 1. The van der Waals surface area contributed by atoms with E-state index in [0.717, 1.165) is 12.1 Å². The van der Waals surface area contributed by atoms with Gasteiger partial charge in [-0.05, 0) is 11.4 Å². The van der Waals surface area contributed by atoms with E-state index in [1.54, 1.807) is 17.6 Å². The number of ether oxygens (including phenoxy) is 1. The van der Waals surface area contributed by atoms with E-state index < -0.39 is 0 Å². The number of aromatic nitrogens is 1. The van der Waals surface area contributed by atoms with Crippen molar-refractivity contribution < 1.29 is 9.15 Å². The Morgan fingerprint density at radius 3 is 3.11 bits per heavy atom. The molecule has 0 saturated carbocycles. The molecule has 0 radical (unpaired) electrons. The van der Waals surface area contributed by atoms with Crippen LogP contribution in [-0.4, -0.2) is 17.6 Å². The monoisotopic (exact) mass is 266 g/mol. The molecule has 0 unspecified atom stereocenters. The lowest BCUT2D eigenvalue weighted by atomic mass is 10.4. The second-order valence-electron chi connectivity index (χ2n) is 4.32. The van der Waals surface area contributed by atoms with Gasteiger partial charge in [-0.2, -0.15) is 4.98 Å². The second-order valence-corrected chi connectivity index (χ2v) is 5.35. The predicted octanol–water partition coefficient (Wildman–Crippen LogP) is 2.86. The van der Waals surface area contributed by atoms with Crippen molar-refractivity contribution in [2.24, 2.45) is 0 Å². The van der Waals surface area contributed by atoms with Gasteiger partial charge in [0.2, 0.25) is 0 Å². The highest BCUT2D eigenvalue weighted by Gasteiger charge is 2.05. The molecule has 0 aliphatic carbocycles. The first-order valence-corrected chi connectivity index (χ1v) is 6.95. The molecular weight excluding hydrogens is 248 g/mol. The smallest absolute Gasteiger partial charge is 0.393 e. The van der Waals surface area contributed by atoms with Gasteiger partial charge < -0.3 is 14.5 Å². The van der Waals surface area contributed by atoms with E-state index in [4.69, 9.17) is 9.15 Å². The molecule has 4 nitrogen and oxygen atoms in total. The molecule has 0 fully saturated rings. The van der Waals surface area contributed by atoms with E-state index in [-0.39, 0.29) is 0 Å². The zero-order valence-electron chi connectivity index (χ0n) is 10.7. The Balaban J connectivity index is 1.73. The van der Waals surface area contributed by atoms with Crippen LogP contribution in [-0.2, 0) is 13.0 Å². The fourth-order valence-electron chi connectivity index (χ4n) is 1.44. The molecule has 5 heteroatoms. The number of oxazole rings is 1. The van der Waals surface area contributed by atoms with Crippen LogP contribution in [0.4, 0.5) is 0 Å². The summed E-state index contributed by atoms with van der Waals surface area (Å²) >= 11 is 1.73. The zero-order chi connectivity index (χ0) is 12.8. The summed E-state index contributed by atoms with van der Waals surface area (Å²) in [7, 11) is 0. The maximum Gasteiger partial charge on any atom is 0.393 e. The molecule has 2 aromatic rings. The van der Waals surface area contributed by atoms with Crippen molar-refractivity contribution in [3.05, 3.63) is 34.3 Å². The molecule has 2 heterocycles. The van der Waals surface area contributed by atoms with Gasteiger partial charge in [0.1, 0.15) is 6.26 Å². The normalized spacial score (nSPS) is 11.1. The van der Waals surface area contributed by atoms with Crippen LogP contribution >= 0.6 is 11.3 Å². The molecule has 98 valence electrons. The Morgan fingerprint density at radius 1 is 1.50 bits per heavy atom. The molecule has 2 rings (SSSR count). The van der Waals surface area contributed by atoms with Crippen molar-refractivity contribution >= 4 is 11.3 Å². The summed E-state index contributed by atoms with van der Waals surface area (Å²) in [6.45, 7) is 5.49. The van der Waals surface area contributed by atoms with Gasteiger partial charge in [-0.25, -0.2) is 0 Å². The molecule has 0 spiro atoms. The summed E-state index contributed by atoms with van der Waals surface area (Å²) < 4.78 is 10.7. The molecule has 0 aliphatic heterocycles. The maximum atomic E-state index is 5.47. The molecule has 2 aromatic heterocycles. The Morgan fingerprint density at radius 2 is 2.39 bits per heavy atom. The molecule has 0 saturated heterocycles. The zero-order valence-corrected chi connectivity index (χ0v) is 11.5. The maximum absolute atomic E-state index is 5.47. The number of rotatable bonds is 7. The third-order valence-electron chi connectivity index (χ3n) is 2.38. The predicted molar refractivity (Wildman–Crippen MR) is 72.0 cm³/mol. The highest BCUT2D eigenvalue weighted by Crippen LogP contribution is 2.13. The third kappa shape index (κ3) is 4.16. The summed E-state index contributed by atoms with van der Waals surface area (Å²) in [5, 5.41) is 5.34. The summed E-state index contributed by atoms with van der Waals surface area (Å²) in [4.78, 5) is 5.56. The topological polar surface area (TPSA) is 47.3 Å². The van der Waals surface area contributed by atoms with E-state index in [1.807, 2.05) is 6.07 Å². The SMILES string of the molecule is CC(C)NCc1coc(OCCc2cccs2)n1. The van der Waals surface area contributed by atoms with E-state index >= 15 is 0 Å². The van der Waals surface area contributed by atoms with Gasteiger partial charge in [-0.1, -0.05) is 19.9 Å². The first-order valence-electron chi connectivity index (χ1n) is 6.07. The summed E-state index contributed by atoms with van der Waals surface area (Å²) in [5.74, 6) is 0. The van der Waals surface area contributed by atoms with Crippen LogP contribution < -0.4 is 10.1 Å². The molecular formula is C13H18N2O2S. The van der Waals surface area contributed by atoms with Crippen molar-refractivity contribution in [3.8, 4) is 6.08 Å². The Labute approximate surface area is 111 Å². The Bertz CT molecular complexity index is 451. The number of nitrogens with zero attached hydrogens (tertiary/aromatic N) is 1. The van der Waals surface area contributed by atoms with Crippen LogP contribution in [0.3, 0.4) is 0 Å².